The van der Waals surface area contributed by atoms with Gasteiger partial charge >= 0.3 is 12.1 Å². The SMILES string of the molecule is CCOC(=O)c1ccc(NC(=O)CN2CCOC2=O)cc1. The maximum Gasteiger partial charge on any atom is 0.410 e. The smallest absolute Gasteiger partial charge is 0.410 e. The maximum atomic E-state index is 11.8. The third-order valence-corrected chi connectivity index (χ3v) is 2.86. The summed E-state index contributed by atoms with van der Waals surface area (Å²) in [5.74, 6) is -0.729. The van der Waals surface area contributed by atoms with Crippen molar-refractivity contribution in [2.24, 2.45) is 0 Å². The van der Waals surface area contributed by atoms with Crippen molar-refractivity contribution in [1.82, 2.24) is 4.90 Å². The highest BCUT2D eigenvalue weighted by molar-refractivity contribution is 5.95. The van der Waals surface area contributed by atoms with Gasteiger partial charge < -0.3 is 14.8 Å². The summed E-state index contributed by atoms with van der Waals surface area (Å²) in [4.78, 5) is 35.8. The van der Waals surface area contributed by atoms with Gasteiger partial charge in [-0.3, -0.25) is 9.69 Å². The van der Waals surface area contributed by atoms with Gasteiger partial charge in [-0.25, -0.2) is 9.59 Å². The van der Waals surface area contributed by atoms with Gasteiger partial charge in [-0.15, -0.1) is 0 Å². The molecule has 0 saturated carbocycles. The topological polar surface area (TPSA) is 84.9 Å². The lowest BCUT2D eigenvalue weighted by Crippen LogP contribution is -2.33. The summed E-state index contributed by atoms with van der Waals surface area (Å²) in [6, 6.07) is 6.34. The predicted octanol–water partition coefficient (Wildman–Crippen LogP) is 1.25. The van der Waals surface area contributed by atoms with E-state index in [0.29, 0.717) is 31.0 Å². The zero-order chi connectivity index (χ0) is 15.2. The summed E-state index contributed by atoms with van der Waals surface area (Å²) in [6.07, 6.45) is -0.484. The fourth-order valence-corrected chi connectivity index (χ4v) is 1.85. The number of amides is 2. The second-order valence-corrected chi connectivity index (χ2v) is 4.38. The lowest BCUT2D eigenvalue weighted by molar-refractivity contribution is -0.116. The van der Waals surface area contributed by atoms with Crippen LogP contribution in [0.25, 0.3) is 0 Å². The van der Waals surface area contributed by atoms with Crippen molar-refractivity contribution in [3.05, 3.63) is 29.8 Å². The maximum absolute atomic E-state index is 11.8. The molecular weight excluding hydrogens is 276 g/mol. The van der Waals surface area contributed by atoms with Crippen LogP contribution in [0, 0.1) is 0 Å². The van der Waals surface area contributed by atoms with Gasteiger partial charge in [-0.05, 0) is 31.2 Å². The number of nitrogens with one attached hydrogen (secondary N) is 1. The molecule has 0 radical (unpaired) electrons. The van der Waals surface area contributed by atoms with E-state index in [1.807, 2.05) is 0 Å². The average Bonchev–Trinajstić information content (AvgIpc) is 2.85. The zero-order valence-corrected chi connectivity index (χ0v) is 11.6. The van der Waals surface area contributed by atoms with E-state index < -0.39 is 12.1 Å². The Bertz CT molecular complexity index is 541. The second-order valence-electron chi connectivity index (χ2n) is 4.38. The van der Waals surface area contributed by atoms with Gasteiger partial charge in [0.15, 0.2) is 0 Å². The van der Waals surface area contributed by atoms with Crippen LogP contribution in [0.15, 0.2) is 24.3 Å². The average molecular weight is 292 g/mol. The van der Waals surface area contributed by atoms with Crippen molar-refractivity contribution in [3.8, 4) is 0 Å². The number of rotatable bonds is 5. The molecule has 1 fully saturated rings. The minimum Gasteiger partial charge on any atom is -0.462 e. The second kappa shape index (κ2) is 6.74. The molecule has 21 heavy (non-hydrogen) atoms. The number of nitrogens with zero attached hydrogens (tertiary/aromatic N) is 1. The van der Waals surface area contributed by atoms with Gasteiger partial charge in [0.25, 0.3) is 0 Å². The highest BCUT2D eigenvalue weighted by Crippen LogP contribution is 2.11. The number of hydrogen-bond donors (Lipinski definition) is 1. The summed E-state index contributed by atoms with van der Waals surface area (Å²) in [5, 5.41) is 2.65. The van der Waals surface area contributed by atoms with E-state index in [2.05, 4.69) is 5.32 Å². The predicted molar refractivity (Wildman–Crippen MR) is 73.9 cm³/mol. The molecule has 1 N–H and O–H groups in total. The van der Waals surface area contributed by atoms with Crippen LogP contribution in [0.1, 0.15) is 17.3 Å². The molecule has 1 aromatic carbocycles. The molecule has 1 aliphatic rings. The molecule has 1 aliphatic heterocycles. The van der Waals surface area contributed by atoms with E-state index in [9.17, 15) is 14.4 Å². The number of carbonyl (C=O) groups is 3. The van der Waals surface area contributed by atoms with Crippen LogP contribution >= 0.6 is 0 Å². The fraction of sp³-hybridized carbons (Fsp3) is 0.357. The standard InChI is InChI=1S/C14H16N2O5/c1-2-20-13(18)10-3-5-11(6-4-10)15-12(17)9-16-7-8-21-14(16)19/h3-6H,2,7-9H2,1H3,(H,15,17). The van der Waals surface area contributed by atoms with E-state index in [1.165, 1.54) is 4.90 Å². The Kier molecular flexibility index (Phi) is 4.76. The third kappa shape index (κ3) is 3.95. The van der Waals surface area contributed by atoms with Crippen molar-refractivity contribution in [2.45, 2.75) is 6.92 Å². The van der Waals surface area contributed by atoms with Crippen LogP contribution in [0.2, 0.25) is 0 Å². The van der Waals surface area contributed by atoms with Gasteiger partial charge in [-0.1, -0.05) is 0 Å². The van der Waals surface area contributed by atoms with E-state index >= 15 is 0 Å². The first kappa shape index (κ1) is 14.8. The molecule has 112 valence electrons. The van der Waals surface area contributed by atoms with E-state index in [0.717, 1.165) is 0 Å². The first-order valence-electron chi connectivity index (χ1n) is 6.59. The molecule has 0 aromatic heterocycles. The number of cyclic esters (lactones) is 1. The monoisotopic (exact) mass is 292 g/mol. The van der Waals surface area contributed by atoms with Gasteiger partial charge in [0, 0.05) is 5.69 Å². The Hall–Kier alpha value is -2.57. The summed E-state index contributed by atoms with van der Waals surface area (Å²) in [6.45, 7) is 2.70. The van der Waals surface area contributed by atoms with Crippen molar-refractivity contribution in [1.29, 1.82) is 0 Å². The minimum atomic E-state index is -0.484. The van der Waals surface area contributed by atoms with Crippen molar-refractivity contribution < 1.29 is 23.9 Å². The minimum absolute atomic E-state index is 0.0571. The molecule has 7 heteroatoms. The zero-order valence-electron chi connectivity index (χ0n) is 11.6. The molecule has 1 saturated heterocycles. The largest absolute Gasteiger partial charge is 0.462 e. The summed E-state index contributed by atoms with van der Waals surface area (Å²) in [5.41, 5.74) is 0.957. The Labute approximate surface area is 121 Å². The van der Waals surface area contributed by atoms with Crippen LogP contribution in [0.4, 0.5) is 10.5 Å². The summed E-state index contributed by atoms with van der Waals surface area (Å²) < 4.78 is 9.60. The Balaban J connectivity index is 1.89. The lowest BCUT2D eigenvalue weighted by atomic mass is 10.2. The Morgan fingerprint density at radius 2 is 2.05 bits per heavy atom. The molecule has 0 atom stereocenters. The first-order valence-corrected chi connectivity index (χ1v) is 6.59. The van der Waals surface area contributed by atoms with Crippen molar-refractivity contribution in [2.75, 3.05) is 31.6 Å². The summed E-state index contributed by atoms with van der Waals surface area (Å²) in [7, 11) is 0. The van der Waals surface area contributed by atoms with Crippen LogP contribution < -0.4 is 5.32 Å². The molecule has 0 bridgehead atoms. The molecule has 0 unspecified atom stereocenters. The van der Waals surface area contributed by atoms with E-state index in [-0.39, 0.29) is 12.5 Å². The fourth-order valence-electron chi connectivity index (χ4n) is 1.85. The van der Waals surface area contributed by atoms with Crippen LogP contribution in [-0.2, 0) is 14.3 Å². The summed E-state index contributed by atoms with van der Waals surface area (Å²) >= 11 is 0. The lowest BCUT2D eigenvalue weighted by Gasteiger charge is -2.12. The van der Waals surface area contributed by atoms with E-state index in [4.69, 9.17) is 9.47 Å². The van der Waals surface area contributed by atoms with Crippen molar-refractivity contribution >= 4 is 23.7 Å². The Morgan fingerprint density at radius 1 is 1.33 bits per heavy atom. The highest BCUT2D eigenvalue weighted by Gasteiger charge is 2.24. The van der Waals surface area contributed by atoms with Gasteiger partial charge in [0.2, 0.25) is 5.91 Å². The number of anilines is 1. The molecule has 1 aromatic rings. The van der Waals surface area contributed by atoms with Gasteiger partial charge in [-0.2, -0.15) is 0 Å². The third-order valence-electron chi connectivity index (χ3n) is 2.86. The number of benzene rings is 1. The normalized spacial score (nSPS) is 13.8. The van der Waals surface area contributed by atoms with Crippen LogP contribution in [0.5, 0.6) is 0 Å². The number of carbonyl (C=O) groups excluding carboxylic acids is 3. The highest BCUT2D eigenvalue weighted by atomic mass is 16.6. The molecule has 2 amide bonds. The number of ether oxygens (including phenoxy) is 2. The molecule has 1 heterocycles. The number of esters is 1. The van der Waals surface area contributed by atoms with Crippen molar-refractivity contribution in [3.63, 3.8) is 0 Å². The van der Waals surface area contributed by atoms with Crippen LogP contribution in [-0.4, -0.2) is 49.2 Å². The number of hydrogen-bond acceptors (Lipinski definition) is 5. The van der Waals surface area contributed by atoms with Crippen LogP contribution in [0.3, 0.4) is 0 Å². The van der Waals surface area contributed by atoms with Gasteiger partial charge in [0.1, 0.15) is 13.2 Å². The quantitative estimate of drug-likeness (QED) is 0.826. The molecule has 0 spiro atoms. The first-order chi connectivity index (χ1) is 10.1. The van der Waals surface area contributed by atoms with E-state index in [1.54, 1.807) is 31.2 Å². The molecule has 2 rings (SSSR count). The molecule has 0 aliphatic carbocycles. The molecule has 7 nitrogen and oxygen atoms in total. The van der Waals surface area contributed by atoms with Gasteiger partial charge in [0.05, 0.1) is 18.7 Å². The molecular formula is C14H16N2O5. The Morgan fingerprint density at radius 3 is 2.62 bits per heavy atom.